The summed E-state index contributed by atoms with van der Waals surface area (Å²) in [4.78, 5) is 4.51. The molecule has 6 heteroatoms. The van der Waals surface area contributed by atoms with E-state index in [0.717, 1.165) is 43.9 Å². The molecule has 1 aromatic rings. The molecule has 0 spiro atoms. The monoisotopic (exact) mass is 316 g/mol. The first-order chi connectivity index (χ1) is 10.4. The fourth-order valence-corrected chi connectivity index (χ4v) is 3.09. The molecule has 0 radical (unpaired) electrons. The van der Waals surface area contributed by atoms with Crippen LogP contribution in [-0.4, -0.2) is 53.7 Å². The average Bonchev–Trinajstić information content (AvgIpc) is 2.49. The molecule has 2 rings (SSSR count). The van der Waals surface area contributed by atoms with Gasteiger partial charge >= 0.3 is 6.18 Å². The molecule has 0 aliphatic carbocycles. The minimum absolute atomic E-state index is 0.0954. The van der Waals surface area contributed by atoms with Gasteiger partial charge in [0.1, 0.15) is 0 Å². The third-order valence-corrected chi connectivity index (χ3v) is 4.41. The van der Waals surface area contributed by atoms with Crippen LogP contribution in [0, 0.1) is 0 Å². The zero-order chi connectivity index (χ0) is 16.3. The first-order valence-electron chi connectivity index (χ1n) is 7.63. The van der Waals surface area contributed by atoms with Gasteiger partial charge in [-0.25, -0.2) is 0 Å². The number of aliphatic hydroxyl groups excluding tert-OH is 1. The van der Waals surface area contributed by atoms with Crippen molar-refractivity contribution in [3.8, 4) is 0 Å². The number of piperazine rings is 1. The Bertz CT molecular complexity index is 475. The Morgan fingerprint density at radius 3 is 2.32 bits per heavy atom. The predicted molar refractivity (Wildman–Crippen MR) is 79.6 cm³/mol. The maximum Gasteiger partial charge on any atom is 0.416 e. The van der Waals surface area contributed by atoms with Crippen LogP contribution in [0.25, 0.3) is 0 Å². The van der Waals surface area contributed by atoms with Crippen LogP contribution in [-0.2, 0) is 6.18 Å². The Morgan fingerprint density at radius 2 is 1.86 bits per heavy atom. The molecular formula is C16H23F3N2O. The second-order valence-corrected chi connectivity index (χ2v) is 5.80. The van der Waals surface area contributed by atoms with Crippen LogP contribution in [0.2, 0.25) is 0 Å². The van der Waals surface area contributed by atoms with Crippen LogP contribution in [0.4, 0.5) is 13.2 Å². The third-order valence-electron chi connectivity index (χ3n) is 4.41. The van der Waals surface area contributed by atoms with Gasteiger partial charge in [0.2, 0.25) is 0 Å². The van der Waals surface area contributed by atoms with E-state index in [1.54, 1.807) is 0 Å². The highest BCUT2D eigenvalue weighted by atomic mass is 19.4. The maximum absolute atomic E-state index is 12.6. The van der Waals surface area contributed by atoms with Crippen LogP contribution in [0.15, 0.2) is 24.3 Å². The summed E-state index contributed by atoms with van der Waals surface area (Å²) < 4.78 is 37.9. The largest absolute Gasteiger partial charge is 0.416 e. The summed E-state index contributed by atoms with van der Waals surface area (Å²) >= 11 is 0. The molecule has 1 N–H and O–H groups in total. The van der Waals surface area contributed by atoms with Gasteiger partial charge in [-0.1, -0.05) is 19.1 Å². The van der Waals surface area contributed by atoms with Crippen molar-refractivity contribution < 1.29 is 18.3 Å². The summed E-state index contributed by atoms with van der Waals surface area (Å²) in [5.74, 6) is 0. The Kier molecular flexibility index (Phi) is 5.47. The molecule has 1 aliphatic heterocycles. The van der Waals surface area contributed by atoms with E-state index >= 15 is 0 Å². The Labute approximate surface area is 129 Å². The van der Waals surface area contributed by atoms with Crippen molar-refractivity contribution in [1.82, 2.24) is 9.80 Å². The van der Waals surface area contributed by atoms with E-state index in [0.29, 0.717) is 0 Å². The van der Waals surface area contributed by atoms with Crippen LogP contribution < -0.4 is 0 Å². The minimum Gasteiger partial charge on any atom is -0.394 e. The van der Waals surface area contributed by atoms with Crippen molar-refractivity contribution in [2.45, 2.75) is 32.1 Å². The summed E-state index contributed by atoms with van der Waals surface area (Å²) in [6.45, 7) is 7.73. The molecule has 124 valence electrons. The molecule has 0 aromatic heterocycles. The van der Waals surface area contributed by atoms with Gasteiger partial charge in [0, 0.05) is 25.7 Å². The lowest BCUT2D eigenvalue weighted by Crippen LogP contribution is -2.53. The van der Waals surface area contributed by atoms with E-state index < -0.39 is 11.7 Å². The lowest BCUT2D eigenvalue weighted by Gasteiger charge is -2.43. The molecule has 1 fully saturated rings. The number of aliphatic hydroxyl groups is 1. The molecule has 1 aliphatic rings. The van der Waals surface area contributed by atoms with E-state index in [4.69, 9.17) is 0 Å². The number of likely N-dealkylation sites (N-methyl/N-ethyl adjacent to an activating group) is 1. The molecule has 2 atom stereocenters. The summed E-state index contributed by atoms with van der Waals surface area (Å²) in [7, 11) is 0. The number of nitrogens with zero attached hydrogens (tertiary/aromatic N) is 2. The molecular weight excluding hydrogens is 293 g/mol. The maximum atomic E-state index is 12.6. The van der Waals surface area contributed by atoms with E-state index in [1.807, 2.05) is 0 Å². The Balaban J connectivity index is 2.14. The second kappa shape index (κ2) is 6.98. The highest BCUT2D eigenvalue weighted by Gasteiger charge is 2.32. The lowest BCUT2D eigenvalue weighted by molar-refractivity contribution is -0.137. The molecule has 1 heterocycles. The Morgan fingerprint density at radius 1 is 1.23 bits per heavy atom. The first kappa shape index (κ1) is 17.2. The molecule has 0 bridgehead atoms. The summed E-state index contributed by atoms with van der Waals surface area (Å²) in [6.07, 6.45) is -4.33. The Hall–Kier alpha value is -1.11. The standard InChI is InChI=1S/C16H23F3N2O/c1-3-20-8-9-21(12(2)10-20)15(11-22)13-4-6-14(7-5-13)16(17,18)19/h4-7,12,15,22H,3,8-11H2,1-2H3. The predicted octanol–water partition coefficient (Wildman–Crippen LogP) is 2.76. The van der Waals surface area contributed by atoms with E-state index in [2.05, 4.69) is 23.6 Å². The number of benzene rings is 1. The molecule has 0 saturated carbocycles. The molecule has 1 aromatic carbocycles. The minimum atomic E-state index is -4.33. The zero-order valence-electron chi connectivity index (χ0n) is 13.0. The van der Waals surface area contributed by atoms with Crippen molar-refractivity contribution in [3.05, 3.63) is 35.4 Å². The van der Waals surface area contributed by atoms with Gasteiger partial charge in [-0.2, -0.15) is 13.2 Å². The molecule has 22 heavy (non-hydrogen) atoms. The van der Waals surface area contributed by atoms with Crippen LogP contribution in [0.5, 0.6) is 0 Å². The number of rotatable bonds is 4. The van der Waals surface area contributed by atoms with E-state index in [1.165, 1.54) is 12.1 Å². The van der Waals surface area contributed by atoms with Crippen LogP contribution in [0.1, 0.15) is 31.0 Å². The third kappa shape index (κ3) is 3.80. The van der Waals surface area contributed by atoms with Crippen molar-refractivity contribution in [3.63, 3.8) is 0 Å². The highest BCUT2D eigenvalue weighted by Crippen LogP contribution is 2.31. The van der Waals surface area contributed by atoms with Crippen molar-refractivity contribution >= 4 is 0 Å². The fraction of sp³-hybridized carbons (Fsp3) is 0.625. The van der Waals surface area contributed by atoms with Gasteiger partial charge in [-0.3, -0.25) is 4.90 Å². The van der Waals surface area contributed by atoms with Crippen molar-refractivity contribution in [1.29, 1.82) is 0 Å². The molecule has 3 nitrogen and oxygen atoms in total. The number of halogens is 3. The van der Waals surface area contributed by atoms with Gasteiger partial charge in [-0.05, 0) is 31.2 Å². The lowest BCUT2D eigenvalue weighted by atomic mass is 10.0. The fourth-order valence-electron chi connectivity index (χ4n) is 3.09. The van der Waals surface area contributed by atoms with Crippen molar-refractivity contribution in [2.75, 3.05) is 32.8 Å². The smallest absolute Gasteiger partial charge is 0.394 e. The van der Waals surface area contributed by atoms with E-state index in [9.17, 15) is 18.3 Å². The van der Waals surface area contributed by atoms with Crippen molar-refractivity contribution in [2.24, 2.45) is 0 Å². The molecule has 2 unspecified atom stereocenters. The van der Waals surface area contributed by atoms with Gasteiger partial charge in [-0.15, -0.1) is 0 Å². The van der Waals surface area contributed by atoms with Gasteiger partial charge < -0.3 is 10.0 Å². The first-order valence-corrected chi connectivity index (χ1v) is 7.63. The zero-order valence-corrected chi connectivity index (χ0v) is 13.0. The highest BCUT2D eigenvalue weighted by molar-refractivity contribution is 5.27. The summed E-state index contributed by atoms with van der Waals surface area (Å²) in [5, 5.41) is 9.72. The van der Waals surface area contributed by atoms with Crippen LogP contribution in [0.3, 0.4) is 0 Å². The SMILES string of the molecule is CCN1CCN(C(CO)c2ccc(C(F)(F)F)cc2)C(C)C1. The summed E-state index contributed by atoms with van der Waals surface area (Å²) in [5.41, 5.74) is 0.0732. The normalized spacial score (nSPS) is 22.7. The average molecular weight is 316 g/mol. The van der Waals surface area contributed by atoms with Crippen LogP contribution >= 0.6 is 0 Å². The number of hydrogen-bond acceptors (Lipinski definition) is 3. The number of hydrogen-bond donors (Lipinski definition) is 1. The summed E-state index contributed by atoms with van der Waals surface area (Å²) in [6, 6.07) is 5.13. The molecule has 0 amide bonds. The molecule has 1 saturated heterocycles. The van der Waals surface area contributed by atoms with E-state index in [-0.39, 0.29) is 18.7 Å². The topological polar surface area (TPSA) is 26.7 Å². The van der Waals surface area contributed by atoms with Gasteiger partial charge in [0.15, 0.2) is 0 Å². The van der Waals surface area contributed by atoms with Gasteiger partial charge in [0.25, 0.3) is 0 Å². The second-order valence-electron chi connectivity index (χ2n) is 5.80. The van der Waals surface area contributed by atoms with Gasteiger partial charge in [0.05, 0.1) is 18.2 Å². The number of alkyl halides is 3. The quantitative estimate of drug-likeness (QED) is 0.925.